The summed E-state index contributed by atoms with van der Waals surface area (Å²) in [5, 5.41) is 0. The van der Waals surface area contributed by atoms with Crippen molar-refractivity contribution in [3.05, 3.63) is 0 Å². The van der Waals surface area contributed by atoms with Crippen LogP contribution in [0.25, 0.3) is 0 Å². The highest BCUT2D eigenvalue weighted by Gasteiger charge is 2.21. The average Bonchev–Trinajstić information content (AvgIpc) is 2.38. The first kappa shape index (κ1) is 14.5. The number of rotatable bonds is 7. The predicted molar refractivity (Wildman–Crippen MR) is 71.7 cm³/mol. The van der Waals surface area contributed by atoms with E-state index in [0.29, 0.717) is 5.91 Å². The lowest BCUT2D eigenvalue weighted by Crippen LogP contribution is -2.39. The minimum Gasteiger partial charge on any atom is -0.342 e. The summed E-state index contributed by atoms with van der Waals surface area (Å²) >= 11 is 0. The largest absolute Gasteiger partial charge is 0.342 e. The van der Waals surface area contributed by atoms with E-state index in [9.17, 15) is 4.79 Å². The first-order chi connectivity index (χ1) is 8.27. The maximum Gasteiger partial charge on any atom is 0.222 e. The van der Waals surface area contributed by atoms with Gasteiger partial charge in [-0.05, 0) is 38.1 Å². The number of carbonyl (C=O) groups excluding carboxylic acids is 1. The molecule has 0 aromatic rings. The van der Waals surface area contributed by atoms with Crippen molar-refractivity contribution < 1.29 is 4.79 Å². The van der Waals surface area contributed by atoms with Gasteiger partial charge in [-0.15, -0.1) is 0 Å². The van der Waals surface area contributed by atoms with Gasteiger partial charge in [0.1, 0.15) is 0 Å². The van der Waals surface area contributed by atoms with Crippen LogP contribution in [0, 0.1) is 5.92 Å². The number of piperidine rings is 1. The molecular weight excluding hydrogens is 212 g/mol. The molecule has 0 spiro atoms. The molecule has 1 aliphatic rings. The molecule has 0 bridgehead atoms. The molecule has 1 amide bonds. The highest BCUT2D eigenvalue weighted by atomic mass is 16.2. The summed E-state index contributed by atoms with van der Waals surface area (Å²) in [6.45, 7) is 4.99. The smallest absolute Gasteiger partial charge is 0.222 e. The van der Waals surface area contributed by atoms with Crippen LogP contribution in [0.5, 0.6) is 0 Å². The fourth-order valence-electron chi connectivity index (χ4n) is 2.56. The Balaban J connectivity index is 2.14. The third-order valence-electron chi connectivity index (χ3n) is 3.79. The number of nitrogens with zero attached hydrogens (tertiary/aromatic N) is 1. The second-order valence-electron chi connectivity index (χ2n) is 5.21. The van der Waals surface area contributed by atoms with Crippen LogP contribution in [0.2, 0.25) is 0 Å². The Morgan fingerprint density at radius 2 is 2.06 bits per heavy atom. The van der Waals surface area contributed by atoms with Gasteiger partial charge in [0, 0.05) is 19.5 Å². The van der Waals surface area contributed by atoms with Crippen molar-refractivity contribution in [2.75, 3.05) is 19.6 Å². The third kappa shape index (κ3) is 5.53. The average molecular weight is 240 g/mol. The van der Waals surface area contributed by atoms with Gasteiger partial charge in [0.05, 0.1) is 0 Å². The second-order valence-corrected chi connectivity index (χ2v) is 5.21. The predicted octanol–water partition coefficient (Wildman–Crippen LogP) is 2.54. The Morgan fingerprint density at radius 1 is 1.29 bits per heavy atom. The molecule has 0 aromatic heterocycles. The first-order valence-corrected chi connectivity index (χ1v) is 7.25. The van der Waals surface area contributed by atoms with Gasteiger partial charge >= 0.3 is 0 Å². The minimum atomic E-state index is 0.371. The van der Waals surface area contributed by atoms with E-state index in [1.165, 1.54) is 25.7 Å². The number of hydrogen-bond donors (Lipinski definition) is 1. The van der Waals surface area contributed by atoms with E-state index in [4.69, 9.17) is 5.73 Å². The summed E-state index contributed by atoms with van der Waals surface area (Å²) in [4.78, 5) is 14.1. The number of nitrogens with two attached hydrogens (primary N) is 1. The molecule has 1 unspecified atom stereocenters. The number of hydrogen-bond acceptors (Lipinski definition) is 2. The lowest BCUT2D eigenvalue weighted by Gasteiger charge is -2.32. The molecule has 1 aliphatic heterocycles. The van der Waals surface area contributed by atoms with Crippen molar-refractivity contribution in [1.82, 2.24) is 4.90 Å². The summed E-state index contributed by atoms with van der Waals surface area (Å²) in [5.41, 5.74) is 5.44. The standard InChI is InChI=1S/C14H28N2O/c1-2-13-8-7-11-16(12-13)14(17)9-5-3-4-6-10-15/h13H,2-12,15H2,1H3. The Kier molecular flexibility index (Phi) is 7.25. The van der Waals surface area contributed by atoms with Crippen LogP contribution in [0.3, 0.4) is 0 Å². The molecule has 1 atom stereocenters. The maximum atomic E-state index is 12.0. The van der Waals surface area contributed by atoms with Crippen molar-refractivity contribution in [3.63, 3.8) is 0 Å². The van der Waals surface area contributed by atoms with Crippen LogP contribution in [-0.4, -0.2) is 30.4 Å². The van der Waals surface area contributed by atoms with Crippen LogP contribution in [0.15, 0.2) is 0 Å². The summed E-state index contributed by atoms with van der Waals surface area (Å²) in [6, 6.07) is 0. The normalized spacial score (nSPS) is 20.6. The highest BCUT2D eigenvalue weighted by molar-refractivity contribution is 5.76. The van der Waals surface area contributed by atoms with Gasteiger partial charge in [-0.1, -0.05) is 26.2 Å². The zero-order valence-electron chi connectivity index (χ0n) is 11.3. The van der Waals surface area contributed by atoms with E-state index in [0.717, 1.165) is 51.2 Å². The van der Waals surface area contributed by atoms with E-state index in [2.05, 4.69) is 11.8 Å². The summed E-state index contributed by atoms with van der Waals surface area (Å²) < 4.78 is 0. The second kappa shape index (κ2) is 8.51. The van der Waals surface area contributed by atoms with E-state index in [-0.39, 0.29) is 0 Å². The zero-order chi connectivity index (χ0) is 12.5. The fraction of sp³-hybridized carbons (Fsp3) is 0.929. The molecule has 0 saturated carbocycles. The summed E-state index contributed by atoms with van der Waals surface area (Å²) in [6.07, 6.45) is 8.88. The third-order valence-corrected chi connectivity index (χ3v) is 3.79. The van der Waals surface area contributed by atoms with E-state index >= 15 is 0 Å². The molecule has 1 saturated heterocycles. The van der Waals surface area contributed by atoms with Crippen LogP contribution in [-0.2, 0) is 4.79 Å². The van der Waals surface area contributed by atoms with E-state index < -0.39 is 0 Å². The molecule has 0 aromatic carbocycles. The molecular formula is C14H28N2O. The van der Waals surface area contributed by atoms with Crippen LogP contribution < -0.4 is 5.73 Å². The molecule has 2 N–H and O–H groups in total. The van der Waals surface area contributed by atoms with Gasteiger partial charge in [-0.3, -0.25) is 4.79 Å². The summed E-state index contributed by atoms with van der Waals surface area (Å²) in [5.74, 6) is 1.11. The number of likely N-dealkylation sites (tertiary alicyclic amines) is 1. The molecule has 0 radical (unpaired) electrons. The van der Waals surface area contributed by atoms with E-state index in [1.807, 2.05) is 0 Å². The van der Waals surface area contributed by atoms with Crippen LogP contribution >= 0.6 is 0 Å². The lowest BCUT2D eigenvalue weighted by molar-refractivity contribution is -0.133. The molecule has 100 valence electrons. The summed E-state index contributed by atoms with van der Waals surface area (Å²) in [7, 11) is 0. The minimum absolute atomic E-state index is 0.371. The molecule has 17 heavy (non-hydrogen) atoms. The van der Waals surface area contributed by atoms with Gasteiger partial charge in [-0.2, -0.15) is 0 Å². The number of unbranched alkanes of at least 4 members (excludes halogenated alkanes) is 3. The molecule has 3 nitrogen and oxygen atoms in total. The van der Waals surface area contributed by atoms with Gasteiger partial charge in [0.2, 0.25) is 5.91 Å². The van der Waals surface area contributed by atoms with Crippen molar-refractivity contribution >= 4 is 5.91 Å². The topological polar surface area (TPSA) is 46.3 Å². The molecule has 0 aliphatic carbocycles. The Labute approximate surface area is 106 Å². The molecule has 1 rings (SSSR count). The van der Waals surface area contributed by atoms with Crippen molar-refractivity contribution in [2.24, 2.45) is 11.7 Å². The van der Waals surface area contributed by atoms with Gasteiger partial charge < -0.3 is 10.6 Å². The Hall–Kier alpha value is -0.570. The van der Waals surface area contributed by atoms with E-state index in [1.54, 1.807) is 0 Å². The maximum absolute atomic E-state index is 12.0. The fourth-order valence-corrected chi connectivity index (χ4v) is 2.56. The van der Waals surface area contributed by atoms with Gasteiger partial charge in [0.25, 0.3) is 0 Å². The quantitative estimate of drug-likeness (QED) is 0.695. The molecule has 1 heterocycles. The van der Waals surface area contributed by atoms with Crippen molar-refractivity contribution in [2.45, 2.75) is 58.3 Å². The highest BCUT2D eigenvalue weighted by Crippen LogP contribution is 2.20. The van der Waals surface area contributed by atoms with Crippen LogP contribution in [0.1, 0.15) is 58.3 Å². The molecule has 1 fully saturated rings. The SMILES string of the molecule is CCC1CCCN(C(=O)CCCCCCN)C1. The Bertz CT molecular complexity index is 218. The number of carbonyl (C=O) groups is 1. The van der Waals surface area contributed by atoms with Gasteiger partial charge in [0.15, 0.2) is 0 Å². The number of amides is 1. The van der Waals surface area contributed by atoms with Crippen LogP contribution in [0.4, 0.5) is 0 Å². The van der Waals surface area contributed by atoms with Gasteiger partial charge in [-0.25, -0.2) is 0 Å². The molecule has 3 heteroatoms. The zero-order valence-corrected chi connectivity index (χ0v) is 11.3. The van der Waals surface area contributed by atoms with Crippen molar-refractivity contribution in [3.8, 4) is 0 Å². The van der Waals surface area contributed by atoms with Crippen molar-refractivity contribution in [1.29, 1.82) is 0 Å². The Morgan fingerprint density at radius 3 is 2.76 bits per heavy atom. The monoisotopic (exact) mass is 240 g/mol. The first-order valence-electron chi connectivity index (χ1n) is 7.25. The lowest BCUT2D eigenvalue weighted by atomic mass is 9.95.